The van der Waals surface area contributed by atoms with E-state index in [-0.39, 0.29) is 41.5 Å². The second-order valence-electron chi connectivity index (χ2n) is 7.89. The minimum Gasteiger partial charge on any atom is -0.383 e. The van der Waals surface area contributed by atoms with Crippen LogP contribution in [-0.2, 0) is 22.6 Å². The first-order chi connectivity index (χ1) is 15.9. The fourth-order valence-corrected chi connectivity index (χ4v) is 4.56. The first-order valence-electron chi connectivity index (χ1n) is 11.2. The van der Waals surface area contributed by atoms with Gasteiger partial charge >= 0.3 is 11.4 Å². The monoisotopic (exact) mass is 481 g/mol. The minimum atomic E-state index is -0.700. The van der Waals surface area contributed by atoms with Gasteiger partial charge in [0.05, 0.1) is 18.4 Å². The number of aromatic nitrogens is 5. The van der Waals surface area contributed by atoms with Crippen LogP contribution in [0.25, 0.3) is 0 Å². The van der Waals surface area contributed by atoms with E-state index in [1.54, 1.807) is 0 Å². The number of nitrogens with one attached hydrogen (secondary N) is 2. The van der Waals surface area contributed by atoms with Crippen molar-refractivity contribution in [3.8, 4) is 0 Å². The van der Waals surface area contributed by atoms with Gasteiger partial charge in [-0.05, 0) is 25.7 Å². The lowest BCUT2D eigenvalue weighted by molar-refractivity contribution is -0.116. The Balaban J connectivity index is 1.83. The largest absolute Gasteiger partial charge is 0.383 e. The van der Waals surface area contributed by atoms with Crippen LogP contribution in [0.3, 0.4) is 0 Å². The molecule has 2 aromatic heterocycles. The van der Waals surface area contributed by atoms with Crippen molar-refractivity contribution in [1.29, 1.82) is 0 Å². The van der Waals surface area contributed by atoms with Crippen LogP contribution >= 0.6 is 11.8 Å². The summed E-state index contributed by atoms with van der Waals surface area (Å²) in [6.45, 7) is 5.48. The summed E-state index contributed by atoms with van der Waals surface area (Å²) in [4.78, 5) is 53.8. The van der Waals surface area contributed by atoms with Crippen LogP contribution in [0.15, 0.2) is 19.5 Å². The number of nitrogens with two attached hydrogens (primary N) is 1. The smallest absolute Gasteiger partial charge is 0.344 e. The van der Waals surface area contributed by atoms with Crippen LogP contribution < -0.4 is 27.6 Å². The molecule has 0 saturated carbocycles. The number of H-pyrrole nitrogens is 2. The summed E-state index contributed by atoms with van der Waals surface area (Å²) in [6, 6.07) is 0. The number of hydrogen-bond acceptors (Lipinski definition) is 8. The highest BCUT2D eigenvalue weighted by molar-refractivity contribution is 7.99. The number of amides is 1. The Morgan fingerprint density at radius 3 is 2.70 bits per heavy atom. The van der Waals surface area contributed by atoms with Crippen molar-refractivity contribution in [3.63, 3.8) is 0 Å². The van der Waals surface area contributed by atoms with Gasteiger partial charge in [-0.2, -0.15) is 0 Å². The Kier molecular flexibility index (Phi) is 8.55. The zero-order valence-electron chi connectivity index (χ0n) is 19.0. The molecule has 182 valence electrons. The standard InChI is InChI=1S/C20H31N7O5S/c1-3-5-9-25(15-16(21)26(8-4-2)18(30)22-17(15)29)14(28)12-33-20-24-23-19(31)27(20)11-13-7-6-10-32-13/h13H,3-12,21H2,1-2H3,(H,23,31)(H,22,29,30). The molecule has 13 heteroatoms. The highest BCUT2D eigenvalue weighted by atomic mass is 32.2. The van der Waals surface area contributed by atoms with Crippen molar-refractivity contribution in [2.75, 3.05) is 29.5 Å². The molecule has 33 heavy (non-hydrogen) atoms. The lowest BCUT2D eigenvalue weighted by Gasteiger charge is -2.24. The Morgan fingerprint density at radius 1 is 1.24 bits per heavy atom. The van der Waals surface area contributed by atoms with Crippen molar-refractivity contribution >= 4 is 29.2 Å². The molecule has 1 saturated heterocycles. The summed E-state index contributed by atoms with van der Waals surface area (Å²) >= 11 is 1.10. The normalized spacial score (nSPS) is 15.8. The molecule has 1 amide bonds. The van der Waals surface area contributed by atoms with Gasteiger partial charge in [-0.15, -0.1) is 5.10 Å². The summed E-state index contributed by atoms with van der Waals surface area (Å²) in [5.74, 6) is -0.465. The zero-order valence-corrected chi connectivity index (χ0v) is 19.8. The predicted molar refractivity (Wildman–Crippen MR) is 126 cm³/mol. The van der Waals surface area contributed by atoms with Gasteiger partial charge < -0.3 is 15.4 Å². The molecule has 0 bridgehead atoms. The third kappa shape index (κ3) is 5.77. The van der Waals surface area contributed by atoms with E-state index in [9.17, 15) is 19.2 Å². The molecule has 2 aromatic rings. The quantitative estimate of drug-likeness (QED) is 0.391. The van der Waals surface area contributed by atoms with Crippen LogP contribution in [-0.4, -0.2) is 55.2 Å². The molecule has 0 radical (unpaired) electrons. The fraction of sp³-hybridized carbons (Fsp3) is 0.650. The lowest BCUT2D eigenvalue weighted by Crippen LogP contribution is -2.42. The van der Waals surface area contributed by atoms with Crippen molar-refractivity contribution in [2.45, 2.75) is 70.3 Å². The fourth-order valence-electron chi connectivity index (χ4n) is 3.73. The Bertz CT molecular complexity index is 1130. The predicted octanol–water partition coefficient (Wildman–Crippen LogP) is 0.518. The number of unbranched alkanes of at least 4 members (excludes halogenated alkanes) is 1. The van der Waals surface area contributed by atoms with Crippen LogP contribution in [0.4, 0.5) is 11.5 Å². The van der Waals surface area contributed by atoms with E-state index in [2.05, 4.69) is 15.2 Å². The molecule has 1 fully saturated rings. The van der Waals surface area contributed by atoms with Gasteiger partial charge in [-0.1, -0.05) is 32.0 Å². The van der Waals surface area contributed by atoms with Crippen molar-refractivity contribution in [3.05, 3.63) is 31.3 Å². The number of ether oxygens (including phenoxy) is 1. The van der Waals surface area contributed by atoms with E-state index in [0.717, 1.165) is 31.0 Å². The maximum Gasteiger partial charge on any atom is 0.344 e. The number of nitrogen functional groups attached to an aromatic ring is 1. The number of carbonyl (C=O) groups excluding carboxylic acids is 1. The van der Waals surface area contributed by atoms with Gasteiger partial charge in [0.2, 0.25) is 5.91 Å². The first kappa shape index (κ1) is 24.8. The van der Waals surface area contributed by atoms with Crippen molar-refractivity contribution in [2.24, 2.45) is 0 Å². The molecule has 1 atom stereocenters. The molecule has 0 aliphatic carbocycles. The van der Waals surface area contributed by atoms with Gasteiger partial charge in [-0.3, -0.25) is 23.7 Å². The Morgan fingerprint density at radius 2 is 2.03 bits per heavy atom. The number of aromatic amines is 2. The summed E-state index contributed by atoms with van der Waals surface area (Å²) in [5, 5.41) is 6.82. The Labute approximate surface area is 194 Å². The molecule has 3 rings (SSSR count). The number of rotatable bonds is 11. The number of hydrogen-bond donors (Lipinski definition) is 3. The molecule has 1 aliphatic rings. The van der Waals surface area contributed by atoms with Crippen molar-refractivity contribution in [1.82, 2.24) is 24.3 Å². The van der Waals surface area contributed by atoms with Crippen molar-refractivity contribution < 1.29 is 9.53 Å². The highest BCUT2D eigenvalue weighted by Gasteiger charge is 2.25. The maximum absolute atomic E-state index is 13.2. The van der Waals surface area contributed by atoms with Crippen LogP contribution in [0.1, 0.15) is 46.0 Å². The van der Waals surface area contributed by atoms with Gasteiger partial charge in [0, 0.05) is 19.7 Å². The number of nitrogens with zero attached hydrogens (tertiary/aromatic N) is 4. The average molecular weight is 482 g/mol. The third-order valence-electron chi connectivity index (χ3n) is 5.43. The molecule has 0 spiro atoms. The summed E-state index contributed by atoms with van der Waals surface area (Å²) in [5.41, 5.74) is 4.48. The first-order valence-corrected chi connectivity index (χ1v) is 12.2. The highest BCUT2D eigenvalue weighted by Crippen LogP contribution is 2.22. The molecule has 0 aromatic carbocycles. The Hall–Kier alpha value is -2.80. The molecular formula is C20H31N7O5S. The third-order valence-corrected chi connectivity index (χ3v) is 6.39. The average Bonchev–Trinajstić information content (AvgIpc) is 3.42. The maximum atomic E-state index is 13.2. The molecule has 4 N–H and O–H groups in total. The number of thioether (sulfide) groups is 1. The second-order valence-corrected chi connectivity index (χ2v) is 8.83. The SMILES string of the molecule is CCCCN(C(=O)CSc1n[nH]c(=O)n1CC1CCCO1)c1c(N)n(CCC)c(=O)[nH]c1=O. The lowest BCUT2D eigenvalue weighted by atomic mass is 10.2. The van der Waals surface area contributed by atoms with Crippen LogP contribution in [0.5, 0.6) is 0 Å². The summed E-state index contributed by atoms with van der Waals surface area (Å²) in [6.07, 6.45) is 3.82. The molecule has 3 heterocycles. The van der Waals surface area contributed by atoms with E-state index >= 15 is 0 Å². The van der Waals surface area contributed by atoms with E-state index in [0.29, 0.717) is 37.7 Å². The van der Waals surface area contributed by atoms with E-state index in [4.69, 9.17) is 10.5 Å². The summed E-state index contributed by atoms with van der Waals surface area (Å²) in [7, 11) is 0. The topological polar surface area (TPSA) is 161 Å². The van der Waals surface area contributed by atoms with E-state index in [1.807, 2.05) is 13.8 Å². The van der Waals surface area contributed by atoms with Crippen LogP contribution in [0.2, 0.25) is 0 Å². The van der Waals surface area contributed by atoms with Gasteiger partial charge in [0.15, 0.2) is 10.8 Å². The number of carbonyl (C=O) groups is 1. The van der Waals surface area contributed by atoms with Gasteiger partial charge in [0.25, 0.3) is 5.56 Å². The second kappa shape index (κ2) is 11.4. The van der Waals surface area contributed by atoms with Gasteiger partial charge in [0.1, 0.15) is 5.82 Å². The van der Waals surface area contributed by atoms with Crippen LogP contribution in [0, 0.1) is 0 Å². The van der Waals surface area contributed by atoms with E-state index < -0.39 is 11.2 Å². The molecular weight excluding hydrogens is 450 g/mol. The number of anilines is 2. The molecule has 1 unspecified atom stereocenters. The summed E-state index contributed by atoms with van der Waals surface area (Å²) < 4.78 is 8.34. The zero-order chi connectivity index (χ0) is 24.0. The minimum absolute atomic E-state index is 0.0270. The molecule has 1 aliphatic heterocycles. The molecule has 12 nitrogen and oxygen atoms in total. The van der Waals surface area contributed by atoms with E-state index in [1.165, 1.54) is 14.0 Å². The van der Waals surface area contributed by atoms with Gasteiger partial charge in [-0.25, -0.2) is 14.7 Å².